The number of hydrogen-bond acceptors (Lipinski definition) is 4. The number of aromatic carboxylic acids is 1. The number of hydrogen-bond donors (Lipinski definition) is 2. The van der Waals surface area contributed by atoms with E-state index in [1.54, 1.807) is 0 Å². The maximum Gasteiger partial charge on any atom is 0.371 e. The number of benzene rings is 1. The monoisotopic (exact) mass is 339 g/mol. The predicted molar refractivity (Wildman–Crippen MR) is 78.6 cm³/mol. The molecule has 1 aromatic heterocycles. The quantitative estimate of drug-likeness (QED) is 0.722. The molecule has 8 heteroatoms. The zero-order valence-corrected chi connectivity index (χ0v) is 12.6. The Morgan fingerprint density at radius 3 is 2.67 bits per heavy atom. The van der Waals surface area contributed by atoms with Gasteiger partial charge in [-0.15, -0.1) is 0 Å². The van der Waals surface area contributed by atoms with Gasteiger partial charge in [-0.1, -0.05) is 0 Å². The smallest absolute Gasteiger partial charge is 0.371 e. The number of halogens is 2. The van der Waals surface area contributed by atoms with Gasteiger partial charge in [0.15, 0.2) is 11.6 Å². The van der Waals surface area contributed by atoms with Crippen LogP contribution >= 0.6 is 0 Å². The van der Waals surface area contributed by atoms with Gasteiger partial charge in [-0.25, -0.2) is 13.6 Å². The van der Waals surface area contributed by atoms with E-state index >= 15 is 0 Å². The SMILES string of the molecule is O=C(CCCOc1ccc(F)cc1F)NCc1ccc(C(=O)O)o1. The summed E-state index contributed by atoms with van der Waals surface area (Å²) in [5, 5.41) is 11.3. The van der Waals surface area contributed by atoms with Gasteiger partial charge in [0.1, 0.15) is 11.6 Å². The first-order valence-electron chi connectivity index (χ1n) is 7.12. The van der Waals surface area contributed by atoms with Gasteiger partial charge >= 0.3 is 5.97 Å². The van der Waals surface area contributed by atoms with Crippen molar-refractivity contribution in [1.29, 1.82) is 0 Å². The van der Waals surface area contributed by atoms with Crippen LogP contribution in [-0.4, -0.2) is 23.6 Å². The molecular weight excluding hydrogens is 324 g/mol. The zero-order chi connectivity index (χ0) is 17.5. The maximum atomic E-state index is 13.3. The molecule has 0 aliphatic carbocycles. The number of carboxylic acid groups (broad SMARTS) is 1. The van der Waals surface area contributed by atoms with Gasteiger partial charge in [-0.2, -0.15) is 0 Å². The number of carbonyl (C=O) groups is 2. The Hall–Kier alpha value is -2.90. The van der Waals surface area contributed by atoms with Gasteiger partial charge in [0.05, 0.1) is 13.2 Å². The van der Waals surface area contributed by atoms with Gasteiger partial charge in [0.2, 0.25) is 11.7 Å². The predicted octanol–water partition coefficient (Wildman–Crippen LogP) is 2.73. The highest BCUT2D eigenvalue weighted by Gasteiger charge is 2.10. The molecule has 0 saturated heterocycles. The highest BCUT2D eigenvalue weighted by Crippen LogP contribution is 2.17. The summed E-state index contributed by atoms with van der Waals surface area (Å²) in [5.74, 6) is -2.91. The van der Waals surface area contributed by atoms with Gasteiger partial charge < -0.3 is 19.6 Å². The second-order valence-corrected chi connectivity index (χ2v) is 4.87. The summed E-state index contributed by atoms with van der Waals surface area (Å²) in [7, 11) is 0. The number of ether oxygens (including phenoxy) is 1. The lowest BCUT2D eigenvalue weighted by molar-refractivity contribution is -0.121. The number of rotatable bonds is 8. The van der Waals surface area contributed by atoms with E-state index in [0.717, 1.165) is 12.1 Å². The van der Waals surface area contributed by atoms with Crippen molar-refractivity contribution in [3.8, 4) is 5.75 Å². The molecule has 2 rings (SSSR count). The molecule has 2 aromatic rings. The molecule has 24 heavy (non-hydrogen) atoms. The van der Waals surface area contributed by atoms with Gasteiger partial charge in [-0.05, 0) is 30.7 Å². The van der Waals surface area contributed by atoms with Crippen molar-refractivity contribution < 1.29 is 32.6 Å². The average molecular weight is 339 g/mol. The van der Waals surface area contributed by atoms with Crippen LogP contribution in [0.3, 0.4) is 0 Å². The minimum Gasteiger partial charge on any atom is -0.491 e. The summed E-state index contributed by atoms with van der Waals surface area (Å²) in [4.78, 5) is 22.3. The Morgan fingerprint density at radius 1 is 1.21 bits per heavy atom. The molecule has 2 N–H and O–H groups in total. The third kappa shape index (κ3) is 5.08. The lowest BCUT2D eigenvalue weighted by Crippen LogP contribution is -2.22. The minimum atomic E-state index is -1.18. The first-order valence-corrected chi connectivity index (χ1v) is 7.12. The van der Waals surface area contributed by atoms with Crippen molar-refractivity contribution in [3.63, 3.8) is 0 Å². The van der Waals surface area contributed by atoms with Crippen molar-refractivity contribution in [3.05, 3.63) is 53.5 Å². The summed E-state index contributed by atoms with van der Waals surface area (Å²) in [6, 6.07) is 5.75. The Bertz CT molecular complexity index is 729. The molecule has 0 unspecified atom stereocenters. The minimum absolute atomic E-state index is 0.0690. The first-order chi connectivity index (χ1) is 11.5. The van der Waals surface area contributed by atoms with Crippen molar-refractivity contribution >= 4 is 11.9 Å². The molecule has 0 bridgehead atoms. The number of carbonyl (C=O) groups excluding carboxylic acids is 1. The molecule has 0 aliphatic rings. The molecular formula is C16H15F2NO5. The van der Waals surface area contributed by atoms with E-state index in [2.05, 4.69) is 5.32 Å². The van der Waals surface area contributed by atoms with Crippen LogP contribution in [0.4, 0.5) is 8.78 Å². The molecule has 0 spiro atoms. The van der Waals surface area contributed by atoms with Gasteiger partial charge in [-0.3, -0.25) is 4.79 Å². The largest absolute Gasteiger partial charge is 0.491 e. The molecule has 1 heterocycles. The Labute approximate surface area is 136 Å². The van der Waals surface area contributed by atoms with E-state index in [1.807, 2.05) is 0 Å². The molecule has 6 nitrogen and oxygen atoms in total. The van der Waals surface area contributed by atoms with Crippen molar-refractivity contribution in [2.24, 2.45) is 0 Å². The van der Waals surface area contributed by atoms with E-state index in [9.17, 15) is 18.4 Å². The molecule has 0 fully saturated rings. The molecule has 0 aliphatic heterocycles. The fourth-order valence-corrected chi connectivity index (χ4v) is 1.87. The van der Waals surface area contributed by atoms with E-state index in [0.29, 0.717) is 12.2 Å². The Balaban J connectivity index is 1.66. The first kappa shape index (κ1) is 17.5. The standard InChI is InChI=1S/C16H15F2NO5/c17-10-3-5-13(12(18)8-10)23-7-1-2-15(20)19-9-11-4-6-14(24-11)16(21)22/h3-6,8H,1-2,7,9H2,(H,19,20)(H,21,22). The zero-order valence-electron chi connectivity index (χ0n) is 12.6. The third-order valence-corrected chi connectivity index (χ3v) is 3.03. The highest BCUT2D eigenvalue weighted by molar-refractivity contribution is 5.84. The van der Waals surface area contributed by atoms with Crippen molar-refractivity contribution in [2.45, 2.75) is 19.4 Å². The lowest BCUT2D eigenvalue weighted by Gasteiger charge is -2.07. The fourth-order valence-electron chi connectivity index (χ4n) is 1.87. The van der Waals surface area contributed by atoms with Crippen molar-refractivity contribution in [1.82, 2.24) is 5.32 Å². The van der Waals surface area contributed by atoms with Crippen LogP contribution in [-0.2, 0) is 11.3 Å². The molecule has 0 saturated carbocycles. The number of furan rings is 1. The topological polar surface area (TPSA) is 88.8 Å². The average Bonchev–Trinajstić information content (AvgIpc) is 3.00. The Kier molecular flexibility index (Phi) is 5.89. The third-order valence-electron chi connectivity index (χ3n) is 3.03. The number of carboxylic acids is 1. The summed E-state index contributed by atoms with van der Waals surface area (Å²) >= 11 is 0. The van der Waals surface area contributed by atoms with Crippen LogP contribution in [0.5, 0.6) is 5.75 Å². The van der Waals surface area contributed by atoms with E-state index < -0.39 is 17.6 Å². The second-order valence-electron chi connectivity index (χ2n) is 4.87. The molecule has 0 radical (unpaired) electrons. The van der Waals surface area contributed by atoms with E-state index in [-0.39, 0.29) is 37.0 Å². The van der Waals surface area contributed by atoms with Gasteiger partial charge in [0, 0.05) is 12.5 Å². The van der Waals surface area contributed by atoms with Crippen LogP contribution < -0.4 is 10.1 Å². The van der Waals surface area contributed by atoms with Crippen LogP contribution in [0.25, 0.3) is 0 Å². The number of amides is 1. The lowest BCUT2D eigenvalue weighted by atomic mass is 10.3. The molecule has 128 valence electrons. The van der Waals surface area contributed by atoms with Crippen LogP contribution in [0.1, 0.15) is 29.2 Å². The number of nitrogens with one attached hydrogen (secondary N) is 1. The van der Waals surface area contributed by atoms with Crippen LogP contribution in [0, 0.1) is 11.6 Å². The molecule has 0 atom stereocenters. The van der Waals surface area contributed by atoms with Gasteiger partial charge in [0.25, 0.3) is 0 Å². The normalized spacial score (nSPS) is 10.4. The second kappa shape index (κ2) is 8.09. The van der Waals surface area contributed by atoms with E-state index in [1.165, 1.54) is 18.2 Å². The van der Waals surface area contributed by atoms with Crippen LogP contribution in [0.15, 0.2) is 34.7 Å². The maximum absolute atomic E-state index is 13.3. The Morgan fingerprint density at radius 2 is 2.00 bits per heavy atom. The molecule has 1 amide bonds. The van der Waals surface area contributed by atoms with E-state index in [4.69, 9.17) is 14.3 Å². The summed E-state index contributed by atoms with van der Waals surface area (Å²) in [6.45, 7) is 0.166. The summed E-state index contributed by atoms with van der Waals surface area (Å²) in [5.41, 5.74) is 0. The fraction of sp³-hybridized carbons (Fsp3) is 0.250. The summed E-state index contributed by atoms with van der Waals surface area (Å²) in [6.07, 6.45) is 0.469. The van der Waals surface area contributed by atoms with Crippen LogP contribution in [0.2, 0.25) is 0 Å². The molecule has 1 aromatic carbocycles. The summed E-state index contributed by atoms with van der Waals surface area (Å²) < 4.78 is 36.2. The highest BCUT2D eigenvalue weighted by atomic mass is 19.1. The van der Waals surface area contributed by atoms with Crippen molar-refractivity contribution in [2.75, 3.05) is 6.61 Å².